The third-order valence-corrected chi connectivity index (χ3v) is 3.92. The summed E-state index contributed by atoms with van der Waals surface area (Å²) in [7, 11) is 0. The fourth-order valence-electron chi connectivity index (χ4n) is 2.16. The van der Waals surface area contributed by atoms with Crippen molar-refractivity contribution in [2.45, 2.75) is 24.4 Å². The molecule has 132 valence electrons. The molecular formula is C14H14BrClNNaO7. The predicted octanol–water partition coefficient (Wildman–Crippen LogP) is -1.09. The number of para-hydroxylation sites is 1. The van der Waals surface area contributed by atoms with Crippen LogP contribution in [-0.4, -0.2) is 51.9 Å². The minimum Gasteiger partial charge on any atom is -1.00 e. The van der Waals surface area contributed by atoms with E-state index in [4.69, 9.17) is 21.7 Å². The van der Waals surface area contributed by atoms with Crippen molar-refractivity contribution in [3.8, 4) is 5.88 Å². The first-order chi connectivity index (χ1) is 11.5. The van der Waals surface area contributed by atoms with Crippen LogP contribution in [0.4, 0.5) is 0 Å². The molecule has 2 aromatic rings. The number of aliphatic hydroxyl groups excluding tert-OH is 1. The van der Waals surface area contributed by atoms with Crippen LogP contribution in [0.1, 0.15) is 1.43 Å². The minimum absolute atomic E-state index is 0. The average Bonchev–Trinajstić information content (AvgIpc) is 2.99. The molecule has 0 saturated heterocycles. The zero-order valence-electron chi connectivity index (χ0n) is 14.0. The predicted molar refractivity (Wildman–Crippen MR) is 88.1 cm³/mol. The van der Waals surface area contributed by atoms with Gasteiger partial charge in [-0.15, -0.1) is 0 Å². The largest absolute Gasteiger partial charge is 1.00 e. The summed E-state index contributed by atoms with van der Waals surface area (Å²) in [5.41, 5.74) is 0.752. The van der Waals surface area contributed by atoms with Gasteiger partial charge in [-0.25, -0.2) is 4.79 Å². The molecule has 0 fully saturated rings. The number of carbonyl (C=O) groups is 2. The van der Waals surface area contributed by atoms with E-state index in [2.05, 4.69) is 29.4 Å². The SMILES string of the molecule is O=C[C@H](O)[C@@H](Oc1cc2ccccc2[nH]1)[C@H](OCl)[C@H](OBr)C(=O)O.[H-].[Na+]. The number of halogens is 2. The number of aldehydes is 1. The number of benzene rings is 1. The normalized spacial score (nSPS) is 15.6. The molecule has 0 spiro atoms. The Morgan fingerprint density at radius 1 is 1.36 bits per heavy atom. The third-order valence-electron chi connectivity index (χ3n) is 3.31. The monoisotopic (exact) mass is 445 g/mol. The molecule has 25 heavy (non-hydrogen) atoms. The van der Waals surface area contributed by atoms with Crippen LogP contribution < -0.4 is 34.3 Å². The van der Waals surface area contributed by atoms with Crippen LogP contribution in [-0.2, 0) is 17.7 Å². The molecule has 4 atom stereocenters. The molecule has 8 nitrogen and oxygen atoms in total. The molecule has 2 rings (SSSR count). The van der Waals surface area contributed by atoms with E-state index >= 15 is 0 Å². The molecule has 0 aliphatic heterocycles. The zero-order valence-corrected chi connectivity index (χ0v) is 17.3. The summed E-state index contributed by atoms with van der Waals surface area (Å²) in [5, 5.41) is 19.8. The first kappa shape index (κ1) is 22.4. The van der Waals surface area contributed by atoms with E-state index in [0.29, 0.717) is 0 Å². The van der Waals surface area contributed by atoms with Gasteiger partial charge in [0.2, 0.25) is 6.10 Å². The quantitative estimate of drug-likeness (QED) is 0.331. The van der Waals surface area contributed by atoms with Crippen molar-refractivity contribution in [3.63, 3.8) is 0 Å². The van der Waals surface area contributed by atoms with E-state index in [-0.39, 0.29) is 43.2 Å². The number of H-pyrrole nitrogens is 1. The molecule has 0 aliphatic rings. The number of rotatable bonds is 9. The van der Waals surface area contributed by atoms with Gasteiger partial charge in [-0.2, -0.15) is 0 Å². The van der Waals surface area contributed by atoms with E-state index in [1.165, 1.54) is 0 Å². The first-order valence-electron chi connectivity index (χ1n) is 6.67. The number of ether oxygens (including phenoxy) is 1. The molecule has 1 aromatic carbocycles. The van der Waals surface area contributed by atoms with Gasteiger partial charge in [0.05, 0.1) is 28.1 Å². The maximum absolute atomic E-state index is 11.2. The van der Waals surface area contributed by atoms with E-state index in [9.17, 15) is 14.7 Å². The number of aromatic nitrogens is 1. The van der Waals surface area contributed by atoms with Crippen molar-refractivity contribution >= 4 is 51.3 Å². The van der Waals surface area contributed by atoms with Gasteiger partial charge < -0.3 is 26.2 Å². The minimum atomic E-state index is -1.70. The Morgan fingerprint density at radius 3 is 2.56 bits per heavy atom. The number of carboxylic acid groups (broad SMARTS) is 1. The Morgan fingerprint density at radius 2 is 2.04 bits per heavy atom. The number of aromatic amines is 1. The molecular weight excluding hydrogens is 433 g/mol. The maximum atomic E-state index is 11.2. The number of aliphatic hydroxyl groups is 1. The van der Waals surface area contributed by atoms with Crippen LogP contribution in [0.15, 0.2) is 30.3 Å². The van der Waals surface area contributed by atoms with E-state index in [1.807, 2.05) is 18.2 Å². The molecule has 11 heteroatoms. The molecule has 0 amide bonds. The topological polar surface area (TPSA) is 118 Å². The van der Waals surface area contributed by atoms with Crippen molar-refractivity contribution in [1.29, 1.82) is 0 Å². The summed E-state index contributed by atoms with van der Waals surface area (Å²) in [6.07, 6.45) is -6.08. The second-order valence-electron chi connectivity index (χ2n) is 4.83. The van der Waals surface area contributed by atoms with Crippen LogP contribution in [0.25, 0.3) is 10.9 Å². The average molecular weight is 447 g/mol. The molecule has 1 heterocycles. The number of fused-ring (bicyclic) bond motifs is 1. The summed E-state index contributed by atoms with van der Waals surface area (Å²) in [6.45, 7) is 0. The van der Waals surface area contributed by atoms with Gasteiger partial charge >= 0.3 is 35.5 Å². The van der Waals surface area contributed by atoms with Crippen molar-refractivity contribution in [2.24, 2.45) is 0 Å². The summed E-state index contributed by atoms with van der Waals surface area (Å²) in [5.74, 6) is -1.24. The second kappa shape index (κ2) is 10.5. The van der Waals surface area contributed by atoms with Gasteiger partial charge in [0.15, 0.2) is 24.4 Å². The maximum Gasteiger partial charge on any atom is 1.00 e. The number of carboxylic acids is 1. The number of nitrogens with one attached hydrogen (secondary N) is 1. The third kappa shape index (κ3) is 5.41. The van der Waals surface area contributed by atoms with E-state index in [0.717, 1.165) is 10.9 Å². The Hall–Kier alpha value is -0.650. The molecule has 0 unspecified atom stereocenters. The molecule has 0 radical (unpaired) electrons. The van der Waals surface area contributed by atoms with Gasteiger partial charge in [0.25, 0.3) is 0 Å². The van der Waals surface area contributed by atoms with Crippen LogP contribution in [0.5, 0.6) is 5.88 Å². The standard InChI is InChI=1S/C14H13BrClNO7.Na.H/c15-23-13(14(20)21)12(24-16)11(9(19)6-18)22-10-5-7-3-1-2-4-8(7)17-10;;/h1-6,9,11-13,17,19H,(H,20,21);;/q;+1;-1/t9-,11+,12-,13-;;/m0../s1. The number of carbonyl (C=O) groups excluding carboxylic acids is 1. The molecule has 1 aromatic heterocycles. The van der Waals surface area contributed by atoms with Crippen LogP contribution >= 0.6 is 28.1 Å². The Labute approximate surface area is 179 Å². The molecule has 0 bridgehead atoms. The molecule has 0 aliphatic carbocycles. The Kier molecular flexibility index (Phi) is 9.39. The van der Waals surface area contributed by atoms with E-state index < -0.39 is 30.4 Å². The second-order valence-corrected chi connectivity index (χ2v) is 5.38. The van der Waals surface area contributed by atoms with Crippen LogP contribution in [0.3, 0.4) is 0 Å². The van der Waals surface area contributed by atoms with Gasteiger partial charge in [-0.1, -0.05) is 18.2 Å². The van der Waals surface area contributed by atoms with Gasteiger partial charge in [-0.05, 0) is 6.07 Å². The summed E-state index contributed by atoms with van der Waals surface area (Å²) in [4.78, 5) is 25.1. The van der Waals surface area contributed by atoms with Gasteiger partial charge in [-0.3, -0.25) is 8.12 Å². The number of hydrogen-bond donors (Lipinski definition) is 3. The Bertz CT molecular complexity index is 688. The van der Waals surface area contributed by atoms with Crippen LogP contribution in [0.2, 0.25) is 0 Å². The summed E-state index contributed by atoms with van der Waals surface area (Å²) >= 11 is 7.90. The van der Waals surface area contributed by atoms with Crippen molar-refractivity contribution in [1.82, 2.24) is 4.98 Å². The summed E-state index contributed by atoms with van der Waals surface area (Å²) in [6, 6.07) is 8.87. The van der Waals surface area contributed by atoms with E-state index in [1.54, 1.807) is 12.1 Å². The Balaban J connectivity index is 0.00000312. The van der Waals surface area contributed by atoms with Crippen molar-refractivity contribution < 1.29 is 63.6 Å². The van der Waals surface area contributed by atoms with Gasteiger partial charge in [0.1, 0.15) is 6.10 Å². The fourth-order valence-corrected chi connectivity index (χ4v) is 2.73. The smallest absolute Gasteiger partial charge is 1.00 e. The number of hydrogen-bond acceptors (Lipinski definition) is 6. The van der Waals surface area contributed by atoms with Crippen molar-refractivity contribution in [3.05, 3.63) is 30.3 Å². The van der Waals surface area contributed by atoms with Gasteiger partial charge in [0, 0.05) is 17.0 Å². The number of aliphatic carboxylic acids is 1. The summed E-state index contributed by atoms with van der Waals surface area (Å²) < 4.78 is 14.7. The first-order valence-corrected chi connectivity index (χ1v) is 7.62. The van der Waals surface area contributed by atoms with Crippen LogP contribution in [0, 0.1) is 0 Å². The van der Waals surface area contributed by atoms with Crippen molar-refractivity contribution in [2.75, 3.05) is 0 Å². The molecule has 0 saturated carbocycles. The zero-order chi connectivity index (χ0) is 17.7. The fraction of sp³-hybridized carbons (Fsp3) is 0.286. The molecule has 3 N–H and O–H groups in total.